The Hall–Kier alpha value is -1.79. The summed E-state index contributed by atoms with van der Waals surface area (Å²) in [7, 11) is 2.96. The van der Waals surface area contributed by atoms with E-state index in [1.165, 1.54) is 20.3 Å². The molecule has 0 spiro atoms. The molecule has 0 fully saturated rings. The first-order valence-corrected chi connectivity index (χ1v) is 5.21. The highest BCUT2D eigenvalue weighted by Crippen LogP contribution is 2.28. The minimum atomic E-state index is -1.06. The Balaban J connectivity index is 3.06. The number of hydrogen-bond donors (Lipinski definition) is 1. The highest BCUT2D eigenvalue weighted by molar-refractivity contribution is 5.93. The van der Waals surface area contributed by atoms with Crippen molar-refractivity contribution in [1.82, 2.24) is 0 Å². The third kappa shape index (κ3) is 3.61. The molecule has 6 heteroatoms. The molecular formula is C12H16O6. The zero-order valence-corrected chi connectivity index (χ0v) is 10.6. The van der Waals surface area contributed by atoms with Crippen LogP contribution in [0.2, 0.25) is 0 Å². The van der Waals surface area contributed by atoms with Crippen molar-refractivity contribution in [2.24, 2.45) is 0 Å². The smallest absolute Gasteiger partial charge is 0.339 e. The normalized spacial score (nSPS) is 10.2. The van der Waals surface area contributed by atoms with Gasteiger partial charge >= 0.3 is 5.97 Å². The summed E-state index contributed by atoms with van der Waals surface area (Å²) in [6, 6.07) is 3.11. The molecule has 1 aromatic rings. The van der Waals surface area contributed by atoms with Crippen molar-refractivity contribution >= 4 is 5.97 Å². The molecule has 100 valence electrons. The summed E-state index contributed by atoms with van der Waals surface area (Å²) < 4.78 is 20.0. The van der Waals surface area contributed by atoms with Gasteiger partial charge in [0.2, 0.25) is 0 Å². The fourth-order valence-electron chi connectivity index (χ4n) is 1.44. The van der Waals surface area contributed by atoms with Crippen molar-refractivity contribution in [2.75, 3.05) is 27.8 Å². The topological polar surface area (TPSA) is 74.2 Å². The number of carboxylic acids is 1. The van der Waals surface area contributed by atoms with Crippen molar-refractivity contribution < 1.29 is 28.8 Å². The molecule has 0 aliphatic carbocycles. The van der Waals surface area contributed by atoms with Crippen LogP contribution < -0.4 is 9.47 Å². The fraction of sp³-hybridized carbons (Fsp3) is 0.417. The summed E-state index contributed by atoms with van der Waals surface area (Å²) in [6.45, 7) is 1.71. The first-order valence-electron chi connectivity index (χ1n) is 5.21. The molecule has 0 aliphatic rings. The molecule has 0 atom stereocenters. The first kappa shape index (κ1) is 14.3. The summed E-state index contributed by atoms with van der Waals surface area (Å²) in [5, 5.41) is 9.13. The van der Waals surface area contributed by atoms with Crippen molar-refractivity contribution in [2.45, 2.75) is 6.92 Å². The second-order valence-corrected chi connectivity index (χ2v) is 3.52. The number of hydrogen-bond acceptors (Lipinski definition) is 5. The summed E-state index contributed by atoms with van der Waals surface area (Å²) in [5.41, 5.74) is 0.638. The van der Waals surface area contributed by atoms with E-state index in [-0.39, 0.29) is 24.9 Å². The van der Waals surface area contributed by atoms with Crippen molar-refractivity contribution in [3.05, 3.63) is 23.3 Å². The van der Waals surface area contributed by atoms with E-state index in [2.05, 4.69) is 0 Å². The molecule has 0 saturated heterocycles. The average Bonchev–Trinajstić information content (AvgIpc) is 2.32. The molecule has 1 N–H and O–H groups in total. The van der Waals surface area contributed by atoms with Gasteiger partial charge in [0.1, 0.15) is 17.1 Å². The van der Waals surface area contributed by atoms with E-state index in [0.717, 1.165) is 0 Å². The van der Waals surface area contributed by atoms with E-state index in [4.69, 9.17) is 24.1 Å². The molecule has 0 unspecified atom stereocenters. The Labute approximate surface area is 105 Å². The lowest BCUT2D eigenvalue weighted by molar-refractivity contribution is 0.0444. The first-order chi connectivity index (χ1) is 8.60. The van der Waals surface area contributed by atoms with Crippen LogP contribution in [0.15, 0.2) is 12.1 Å². The molecular weight excluding hydrogens is 240 g/mol. The predicted octanol–water partition coefficient (Wildman–Crippen LogP) is 1.66. The van der Waals surface area contributed by atoms with E-state index < -0.39 is 5.97 Å². The third-order valence-corrected chi connectivity index (χ3v) is 2.16. The number of benzene rings is 1. The molecule has 0 heterocycles. The molecule has 0 aliphatic heterocycles. The monoisotopic (exact) mass is 256 g/mol. The Kier molecular flexibility index (Phi) is 5.41. The lowest BCUT2D eigenvalue weighted by Gasteiger charge is -2.13. The second kappa shape index (κ2) is 6.83. The van der Waals surface area contributed by atoms with E-state index in [1.807, 2.05) is 0 Å². The molecule has 18 heavy (non-hydrogen) atoms. The molecule has 0 aromatic heterocycles. The van der Waals surface area contributed by atoms with Crippen LogP contribution in [-0.2, 0) is 9.47 Å². The van der Waals surface area contributed by atoms with Gasteiger partial charge in [0.15, 0.2) is 13.6 Å². The van der Waals surface area contributed by atoms with Gasteiger partial charge in [0, 0.05) is 20.3 Å². The zero-order valence-electron chi connectivity index (χ0n) is 10.6. The lowest BCUT2D eigenvalue weighted by atomic mass is 10.1. The quantitative estimate of drug-likeness (QED) is 0.748. The number of rotatable bonds is 7. The van der Waals surface area contributed by atoms with Gasteiger partial charge in [-0.1, -0.05) is 0 Å². The van der Waals surface area contributed by atoms with Gasteiger partial charge in [0.25, 0.3) is 0 Å². The van der Waals surface area contributed by atoms with Crippen molar-refractivity contribution in [1.29, 1.82) is 0 Å². The maximum Gasteiger partial charge on any atom is 0.339 e. The third-order valence-electron chi connectivity index (χ3n) is 2.16. The Morgan fingerprint density at radius 1 is 1.17 bits per heavy atom. The zero-order chi connectivity index (χ0) is 13.5. The van der Waals surface area contributed by atoms with E-state index in [1.54, 1.807) is 13.0 Å². The molecule has 1 rings (SSSR count). The molecule has 1 aromatic carbocycles. The summed E-state index contributed by atoms with van der Waals surface area (Å²) in [4.78, 5) is 11.1. The average molecular weight is 256 g/mol. The van der Waals surface area contributed by atoms with Crippen LogP contribution >= 0.6 is 0 Å². The second-order valence-electron chi connectivity index (χ2n) is 3.52. The number of carbonyl (C=O) groups is 1. The molecule has 0 bridgehead atoms. The van der Waals surface area contributed by atoms with Gasteiger partial charge < -0.3 is 24.1 Å². The van der Waals surface area contributed by atoms with Crippen LogP contribution in [0.5, 0.6) is 11.5 Å². The Morgan fingerprint density at radius 3 is 2.33 bits per heavy atom. The van der Waals surface area contributed by atoms with Crippen LogP contribution in [0.4, 0.5) is 0 Å². The van der Waals surface area contributed by atoms with Gasteiger partial charge in [-0.3, -0.25) is 0 Å². The van der Waals surface area contributed by atoms with Crippen molar-refractivity contribution in [3.63, 3.8) is 0 Å². The van der Waals surface area contributed by atoms with Crippen molar-refractivity contribution in [3.8, 4) is 11.5 Å². The van der Waals surface area contributed by atoms with E-state index >= 15 is 0 Å². The van der Waals surface area contributed by atoms with Crippen LogP contribution in [0.25, 0.3) is 0 Å². The summed E-state index contributed by atoms with van der Waals surface area (Å²) in [6.07, 6.45) is 0. The SMILES string of the molecule is COCOc1cc(C)c(C(=O)O)c(OCOC)c1. The van der Waals surface area contributed by atoms with Gasteiger partial charge in [0.05, 0.1) is 0 Å². The molecule has 0 saturated carbocycles. The molecule has 0 amide bonds. The van der Waals surface area contributed by atoms with Crippen LogP contribution in [0.3, 0.4) is 0 Å². The molecule has 0 radical (unpaired) electrons. The summed E-state index contributed by atoms with van der Waals surface area (Å²) in [5.74, 6) is -0.377. The fourth-order valence-corrected chi connectivity index (χ4v) is 1.44. The lowest BCUT2D eigenvalue weighted by Crippen LogP contribution is -2.08. The maximum atomic E-state index is 11.1. The van der Waals surface area contributed by atoms with Gasteiger partial charge in [-0.25, -0.2) is 4.79 Å². The maximum absolute atomic E-state index is 11.1. The molecule has 6 nitrogen and oxygen atoms in total. The van der Waals surface area contributed by atoms with E-state index in [9.17, 15) is 4.79 Å². The minimum Gasteiger partial charge on any atom is -0.478 e. The predicted molar refractivity (Wildman–Crippen MR) is 63.1 cm³/mol. The van der Waals surface area contributed by atoms with Crippen LogP contribution in [-0.4, -0.2) is 38.9 Å². The van der Waals surface area contributed by atoms with E-state index in [0.29, 0.717) is 11.3 Å². The highest BCUT2D eigenvalue weighted by atomic mass is 16.7. The van der Waals surface area contributed by atoms with Gasteiger partial charge in [-0.2, -0.15) is 0 Å². The number of ether oxygens (including phenoxy) is 4. The minimum absolute atomic E-state index is 0.0343. The Bertz CT molecular complexity index is 415. The number of aromatic carboxylic acids is 1. The van der Waals surface area contributed by atoms with Crippen LogP contribution in [0.1, 0.15) is 15.9 Å². The largest absolute Gasteiger partial charge is 0.478 e. The summed E-state index contributed by atoms with van der Waals surface area (Å²) >= 11 is 0. The number of carboxylic acid groups (broad SMARTS) is 1. The Morgan fingerprint density at radius 2 is 1.78 bits per heavy atom. The number of aryl methyl sites for hydroxylation is 1. The van der Waals surface area contributed by atoms with Crippen LogP contribution in [0, 0.1) is 6.92 Å². The standard InChI is InChI=1S/C12H16O6/c1-8-4-9(17-6-15-2)5-10(18-7-16-3)11(8)12(13)14/h4-5H,6-7H2,1-3H3,(H,13,14). The highest BCUT2D eigenvalue weighted by Gasteiger charge is 2.16. The van der Waals surface area contributed by atoms with Gasteiger partial charge in [-0.05, 0) is 18.6 Å². The van der Waals surface area contributed by atoms with Gasteiger partial charge in [-0.15, -0.1) is 0 Å². The number of methoxy groups -OCH3 is 2.